The van der Waals surface area contributed by atoms with Crippen LogP contribution in [0.1, 0.15) is 32.1 Å². The third-order valence-electron chi connectivity index (χ3n) is 5.73. The summed E-state index contributed by atoms with van der Waals surface area (Å²) in [4.78, 5) is 38.5. The van der Waals surface area contributed by atoms with Gasteiger partial charge in [0.25, 0.3) is 0 Å². The van der Waals surface area contributed by atoms with Gasteiger partial charge in [0.15, 0.2) is 0 Å². The molecule has 0 unspecified atom stereocenters. The van der Waals surface area contributed by atoms with Crippen molar-refractivity contribution in [1.29, 1.82) is 0 Å². The van der Waals surface area contributed by atoms with Crippen molar-refractivity contribution in [1.82, 2.24) is 4.90 Å². The zero-order valence-electron chi connectivity index (χ0n) is 16.0. The second kappa shape index (κ2) is 8.37. The molecule has 0 bridgehead atoms. The SMILES string of the molecule is O=C(CCN1C(=O)[C@H]2CCCC[C@H]2C1=O)Oc1ccc(-c2ccccc2)cc1Cl. The Hall–Kier alpha value is -2.66. The molecule has 0 aromatic heterocycles. The largest absolute Gasteiger partial charge is 0.425 e. The van der Waals surface area contributed by atoms with Gasteiger partial charge < -0.3 is 4.74 Å². The van der Waals surface area contributed by atoms with Gasteiger partial charge in [-0.05, 0) is 36.1 Å². The molecule has 6 heteroatoms. The third-order valence-corrected chi connectivity index (χ3v) is 6.03. The van der Waals surface area contributed by atoms with E-state index in [1.165, 1.54) is 4.90 Å². The van der Waals surface area contributed by atoms with Gasteiger partial charge in [0, 0.05) is 6.54 Å². The highest BCUT2D eigenvalue weighted by atomic mass is 35.5. The van der Waals surface area contributed by atoms with Crippen LogP contribution < -0.4 is 4.74 Å². The van der Waals surface area contributed by atoms with Crippen LogP contribution in [0.4, 0.5) is 0 Å². The number of likely N-dealkylation sites (tertiary alicyclic amines) is 1. The lowest BCUT2D eigenvalue weighted by Crippen LogP contribution is -2.33. The maximum atomic E-state index is 12.5. The number of benzene rings is 2. The maximum Gasteiger partial charge on any atom is 0.313 e. The fourth-order valence-corrected chi connectivity index (χ4v) is 4.44. The van der Waals surface area contributed by atoms with Crippen LogP contribution in [0.15, 0.2) is 48.5 Å². The minimum atomic E-state index is -0.519. The van der Waals surface area contributed by atoms with Crippen molar-refractivity contribution in [3.8, 4) is 16.9 Å². The predicted octanol–water partition coefficient (Wildman–Crippen LogP) is 4.48. The van der Waals surface area contributed by atoms with Crippen molar-refractivity contribution in [2.24, 2.45) is 11.8 Å². The Morgan fingerprint density at radius 1 is 0.966 bits per heavy atom. The molecule has 150 valence electrons. The lowest BCUT2D eigenvalue weighted by atomic mass is 9.81. The van der Waals surface area contributed by atoms with Crippen LogP contribution in [-0.4, -0.2) is 29.2 Å². The molecule has 2 aliphatic rings. The molecule has 1 saturated carbocycles. The standard InChI is InChI=1S/C23H22ClNO4/c24-19-14-16(15-6-2-1-3-7-15)10-11-20(19)29-21(26)12-13-25-22(27)17-8-4-5-9-18(17)23(25)28/h1-3,6-7,10-11,14,17-18H,4-5,8-9,12-13H2/t17-,18+. The predicted molar refractivity (Wildman–Crippen MR) is 109 cm³/mol. The summed E-state index contributed by atoms with van der Waals surface area (Å²) >= 11 is 6.28. The number of nitrogens with zero attached hydrogens (tertiary/aromatic N) is 1. The van der Waals surface area contributed by atoms with Crippen LogP contribution in [-0.2, 0) is 14.4 Å². The fourth-order valence-electron chi connectivity index (χ4n) is 4.22. The quantitative estimate of drug-likeness (QED) is 0.413. The van der Waals surface area contributed by atoms with Crippen molar-refractivity contribution in [3.05, 3.63) is 53.6 Å². The van der Waals surface area contributed by atoms with Crippen LogP contribution >= 0.6 is 11.6 Å². The molecule has 1 saturated heterocycles. The van der Waals surface area contributed by atoms with E-state index in [9.17, 15) is 14.4 Å². The maximum absolute atomic E-state index is 12.5. The van der Waals surface area contributed by atoms with Crippen LogP contribution in [0.3, 0.4) is 0 Å². The van der Waals surface area contributed by atoms with Crippen molar-refractivity contribution in [2.75, 3.05) is 6.54 Å². The normalized spacial score (nSPS) is 21.2. The third kappa shape index (κ3) is 4.06. The first-order valence-corrected chi connectivity index (χ1v) is 10.3. The van der Waals surface area contributed by atoms with E-state index in [2.05, 4.69) is 0 Å². The summed E-state index contributed by atoms with van der Waals surface area (Å²) in [5.41, 5.74) is 1.94. The molecule has 29 heavy (non-hydrogen) atoms. The van der Waals surface area contributed by atoms with Crippen LogP contribution in [0.25, 0.3) is 11.1 Å². The molecule has 4 rings (SSSR count). The summed E-state index contributed by atoms with van der Waals surface area (Å²) in [6, 6.07) is 15.0. The number of halogens is 1. The van der Waals surface area contributed by atoms with Gasteiger partial charge >= 0.3 is 5.97 Å². The Labute approximate surface area is 174 Å². The summed E-state index contributed by atoms with van der Waals surface area (Å²) < 4.78 is 5.36. The van der Waals surface area contributed by atoms with Crippen LogP contribution in [0.5, 0.6) is 5.75 Å². The number of carbonyl (C=O) groups excluding carboxylic acids is 3. The average Bonchev–Trinajstić information content (AvgIpc) is 2.99. The van der Waals surface area contributed by atoms with E-state index in [1.54, 1.807) is 12.1 Å². The van der Waals surface area contributed by atoms with Crippen LogP contribution in [0.2, 0.25) is 5.02 Å². The first-order valence-electron chi connectivity index (χ1n) is 9.95. The average molecular weight is 412 g/mol. The highest BCUT2D eigenvalue weighted by Crippen LogP contribution is 2.38. The molecule has 0 N–H and O–H groups in total. The number of carbonyl (C=O) groups is 3. The number of imide groups is 1. The molecule has 1 aliphatic carbocycles. The second-order valence-corrected chi connectivity index (χ2v) is 7.97. The van der Waals surface area contributed by atoms with E-state index >= 15 is 0 Å². The van der Waals surface area contributed by atoms with Crippen LogP contribution in [0, 0.1) is 11.8 Å². The van der Waals surface area contributed by atoms with E-state index < -0.39 is 5.97 Å². The highest BCUT2D eigenvalue weighted by molar-refractivity contribution is 6.32. The molecule has 1 aliphatic heterocycles. The smallest absolute Gasteiger partial charge is 0.313 e. The van der Waals surface area contributed by atoms with Gasteiger partial charge in [-0.3, -0.25) is 19.3 Å². The van der Waals surface area contributed by atoms with Gasteiger partial charge in [-0.1, -0.05) is 60.8 Å². The summed E-state index contributed by atoms with van der Waals surface area (Å²) in [5, 5.41) is 0.332. The van der Waals surface area contributed by atoms with E-state index in [0.29, 0.717) is 5.02 Å². The Kier molecular flexibility index (Phi) is 5.67. The van der Waals surface area contributed by atoms with E-state index in [-0.39, 0.29) is 42.4 Å². The molecular formula is C23H22ClNO4. The van der Waals surface area contributed by atoms with E-state index in [0.717, 1.165) is 36.8 Å². The molecule has 5 nitrogen and oxygen atoms in total. The molecule has 2 aromatic carbocycles. The van der Waals surface area contributed by atoms with Gasteiger partial charge in [-0.2, -0.15) is 0 Å². The minimum Gasteiger partial charge on any atom is -0.425 e. The minimum absolute atomic E-state index is 0.0479. The van der Waals surface area contributed by atoms with Gasteiger partial charge in [-0.25, -0.2) is 0 Å². The monoisotopic (exact) mass is 411 g/mol. The fraction of sp³-hybridized carbons (Fsp3) is 0.348. The molecular weight excluding hydrogens is 390 g/mol. The lowest BCUT2D eigenvalue weighted by Gasteiger charge is -2.19. The number of rotatable bonds is 5. The number of hydrogen-bond acceptors (Lipinski definition) is 4. The number of fused-ring (bicyclic) bond motifs is 1. The van der Waals surface area contributed by atoms with Crippen molar-refractivity contribution >= 4 is 29.4 Å². The molecule has 0 spiro atoms. The summed E-state index contributed by atoms with van der Waals surface area (Å²) in [6.45, 7) is 0.0587. The summed E-state index contributed by atoms with van der Waals surface area (Å²) in [5.74, 6) is -0.936. The first kappa shape index (κ1) is 19.6. The molecule has 0 radical (unpaired) electrons. The van der Waals surface area contributed by atoms with Gasteiger partial charge in [0.05, 0.1) is 23.3 Å². The van der Waals surface area contributed by atoms with E-state index in [4.69, 9.17) is 16.3 Å². The number of amides is 2. The second-order valence-electron chi connectivity index (χ2n) is 7.56. The molecule has 2 aromatic rings. The van der Waals surface area contributed by atoms with Gasteiger partial charge in [0.1, 0.15) is 5.75 Å². The summed E-state index contributed by atoms with van der Waals surface area (Å²) in [7, 11) is 0. The zero-order valence-corrected chi connectivity index (χ0v) is 16.7. The number of ether oxygens (including phenoxy) is 1. The highest BCUT2D eigenvalue weighted by Gasteiger charge is 2.47. The Bertz CT molecular complexity index is 919. The number of hydrogen-bond donors (Lipinski definition) is 0. The van der Waals surface area contributed by atoms with Gasteiger partial charge in [0.2, 0.25) is 11.8 Å². The molecule has 2 amide bonds. The van der Waals surface area contributed by atoms with Gasteiger partial charge in [-0.15, -0.1) is 0 Å². The zero-order chi connectivity index (χ0) is 20.4. The lowest BCUT2D eigenvalue weighted by molar-refractivity contribution is -0.141. The Morgan fingerprint density at radius 2 is 1.62 bits per heavy atom. The van der Waals surface area contributed by atoms with Crippen molar-refractivity contribution < 1.29 is 19.1 Å². The Morgan fingerprint density at radius 3 is 2.24 bits per heavy atom. The van der Waals surface area contributed by atoms with Crippen molar-refractivity contribution in [2.45, 2.75) is 32.1 Å². The van der Waals surface area contributed by atoms with Crippen molar-refractivity contribution in [3.63, 3.8) is 0 Å². The Balaban J connectivity index is 1.36. The molecule has 1 heterocycles. The summed E-state index contributed by atoms with van der Waals surface area (Å²) in [6.07, 6.45) is 3.44. The molecule has 2 atom stereocenters. The first-order chi connectivity index (χ1) is 14.0. The number of esters is 1. The van der Waals surface area contributed by atoms with E-state index in [1.807, 2.05) is 36.4 Å². The topological polar surface area (TPSA) is 63.7 Å². The molecule has 2 fully saturated rings.